The topological polar surface area (TPSA) is 127 Å². The highest BCUT2D eigenvalue weighted by Gasteiger charge is 2.35. The number of alkyl halides is 3. The highest BCUT2D eigenvalue weighted by atomic mass is 32.1. The molecular formula is C17H9F3N6O3S. The number of amides is 1. The molecule has 0 aliphatic carbocycles. The van der Waals surface area contributed by atoms with E-state index in [1.807, 2.05) is 0 Å². The van der Waals surface area contributed by atoms with Crippen molar-refractivity contribution in [2.24, 2.45) is 0 Å². The summed E-state index contributed by atoms with van der Waals surface area (Å²) in [6, 6.07) is 10.5. The van der Waals surface area contributed by atoms with Crippen LogP contribution in [0.5, 0.6) is 0 Å². The molecule has 0 unspecified atom stereocenters. The molecule has 0 saturated heterocycles. The van der Waals surface area contributed by atoms with E-state index in [9.17, 15) is 33.3 Å². The van der Waals surface area contributed by atoms with Crippen LogP contribution < -0.4 is 5.32 Å². The van der Waals surface area contributed by atoms with Gasteiger partial charge in [0, 0.05) is 24.0 Å². The summed E-state index contributed by atoms with van der Waals surface area (Å²) < 4.78 is 39.3. The molecule has 3 aromatic rings. The van der Waals surface area contributed by atoms with Gasteiger partial charge in [0.25, 0.3) is 11.6 Å². The normalized spacial score (nSPS) is 11.7. The van der Waals surface area contributed by atoms with Crippen molar-refractivity contribution in [1.29, 1.82) is 5.26 Å². The number of hydrogen-bond acceptors (Lipinski definition) is 7. The molecule has 0 fully saturated rings. The van der Waals surface area contributed by atoms with E-state index >= 15 is 0 Å². The fourth-order valence-electron chi connectivity index (χ4n) is 2.35. The third kappa shape index (κ3) is 4.50. The number of nitro groups is 1. The Morgan fingerprint density at radius 2 is 2.07 bits per heavy atom. The zero-order valence-corrected chi connectivity index (χ0v) is 15.4. The number of benzene rings is 1. The number of aromatic nitrogens is 3. The van der Waals surface area contributed by atoms with Gasteiger partial charge in [-0.1, -0.05) is 17.4 Å². The molecule has 0 aliphatic heterocycles. The fourth-order valence-corrected chi connectivity index (χ4v) is 2.96. The molecule has 2 aromatic heterocycles. The van der Waals surface area contributed by atoms with Gasteiger partial charge in [-0.05, 0) is 24.3 Å². The van der Waals surface area contributed by atoms with E-state index in [4.69, 9.17) is 0 Å². The number of rotatable bonds is 5. The first-order valence-corrected chi connectivity index (χ1v) is 8.76. The number of nitriles is 1. The maximum Gasteiger partial charge on any atom is 0.445 e. The van der Waals surface area contributed by atoms with Gasteiger partial charge in [-0.2, -0.15) is 18.4 Å². The van der Waals surface area contributed by atoms with E-state index < -0.39 is 32.7 Å². The van der Waals surface area contributed by atoms with Crippen LogP contribution in [-0.2, 0) is 11.0 Å². The summed E-state index contributed by atoms with van der Waals surface area (Å²) in [7, 11) is 0. The molecule has 1 N–H and O–H groups in total. The molecule has 3 rings (SSSR count). The first-order chi connectivity index (χ1) is 14.2. The molecule has 1 amide bonds. The van der Waals surface area contributed by atoms with Crippen LogP contribution in [0.3, 0.4) is 0 Å². The van der Waals surface area contributed by atoms with Crippen molar-refractivity contribution < 1.29 is 22.9 Å². The van der Waals surface area contributed by atoms with Gasteiger partial charge >= 0.3 is 6.18 Å². The van der Waals surface area contributed by atoms with E-state index in [1.54, 1.807) is 30.5 Å². The molecule has 0 spiro atoms. The van der Waals surface area contributed by atoms with Crippen LogP contribution in [0, 0.1) is 21.4 Å². The molecule has 0 aliphatic rings. The van der Waals surface area contributed by atoms with Crippen LogP contribution in [0.4, 0.5) is 24.0 Å². The molecule has 9 nitrogen and oxygen atoms in total. The van der Waals surface area contributed by atoms with Gasteiger partial charge in [-0.3, -0.25) is 20.2 Å². The first kappa shape index (κ1) is 20.7. The number of carbonyl (C=O) groups is 1. The van der Waals surface area contributed by atoms with Crippen molar-refractivity contribution in [1.82, 2.24) is 14.8 Å². The van der Waals surface area contributed by atoms with Crippen LogP contribution in [-0.4, -0.2) is 25.6 Å². The van der Waals surface area contributed by atoms with Gasteiger partial charge in [0.15, 0.2) is 0 Å². The maximum absolute atomic E-state index is 12.6. The number of halogens is 3. The lowest BCUT2D eigenvalue weighted by Gasteiger charge is -2.07. The Kier molecular flexibility index (Phi) is 5.61. The molecule has 13 heteroatoms. The van der Waals surface area contributed by atoms with Gasteiger partial charge in [-0.25, -0.2) is 0 Å². The molecule has 0 bridgehead atoms. The Morgan fingerprint density at radius 3 is 2.70 bits per heavy atom. The summed E-state index contributed by atoms with van der Waals surface area (Å²) in [6.45, 7) is 0. The lowest BCUT2D eigenvalue weighted by molar-refractivity contribution is -0.384. The number of hydrogen-bond donors (Lipinski definition) is 1. The summed E-state index contributed by atoms with van der Waals surface area (Å²) in [5.41, 5.74) is 0.197. The summed E-state index contributed by atoms with van der Waals surface area (Å²) in [6.07, 6.45) is -1.94. The van der Waals surface area contributed by atoms with Crippen LogP contribution in [0.25, 0.3) is 11.8 Å². The lowest BCUT2D eigenvalue weighted by atomic mass is 10.2. The lowest BCUT2D eigenvalue weighted by Crippen LogP contribution is -2.13. The monoisotopic (exact) mass is 434 g/mol. The highest BCUT2D eigenvalue weighted by molar-refractivity contribution is 7.15. The van der Waals surface area contributed by atoms with E-state index in [-0.39, 0.29) is 17.0 Å². The number of non-ortho nitro benzene ring substituents is 1. The molecule has 0 radical (unpaired) electrons. The number of carbonyl (C=O) groups excluding carboxylic acids is 1. The van der Waals surface area contributed by atoms with E-state index in [1.165, 1.54) is 28.8 Å². The van der Waals surface area contributed by atoms with E-state index in [0.717, 1.165) is 0 Å². The maximum atomic E-state index is 12.6. The van der Waals surface area contributed by atoms with Crippen molar-refractivity contribution >= 4 is 34.1 Å². The van der Waals surface area contributed by atoms with Crippen LogP contribution in [0.1, 0.15) is 10.7 Å². The predicted molar refractivity (Wildman–Crippen MR) is 99.6 cm³/mol. The van der Waals surface area contributed by atoms with Gasteiger partial charge in [0.1, 0.15) is 11.6 Å². The summed E-state index contributed by atoms with van der Waals surface area (Å²) in [4.78, 5) is 22.7. The Labute approximate surface area is 169 Å². The first-order valence-electron chi connectivity index (χ1n) is 7.95. The van der Waals surface area contributed by atoms with Crippen molar-refractivity contribution in [3.63, 3.8) is 0 Å². The predicted octanol–water partition coefficient (Wildman–Crippen LogP) is 3.80. The van der Waals surface area contributed by atoms with Gasteiger partial charge in [0.05, 0.1) is 10.6 Å². The molecular weight excluding hydrogens is 425 g/mol. The second-order valence-corrected chi connectivity index (χ2v) is 6.59. The van der Waals surface area contributed by atoms with Crippen LogP contribution in [0.2, 0.25) is 0 Å². The zero-order chi connectivity index (χ0) is 21.9. The summed E-state index contributed by atoms with van der Waals surface area (Å²) in [5, 5.41) is 26.9. The van der Waals surface area contributed by atoms with Crippen molar-refractivity contribution in [3.05, 3.63) is 69.0 Å². The standard InChI is InChI=1S/C17H9F3N6O3S/c18-17(19,20)15-23-24-16(30-15)22-14(27)10(9-21)7-11-5-2-6-25(11)12-3-1-4-13(8-12)26(28)29/h1-8H,(H,22,24,27). The SMILES string of the molecule is N#CC(=Cc1cccn1-c1cccc([N+](=O)[O-])c1)C(=O)Nc1nnc(C(F)(F)F)s1. The minimum Gasteiger partial charge on any atom is -0.317 e. The Balaban J connectivity index is 1.87. The molecule has 30 heavy (non-hydrogen) atoms. The minimum atomic E-state index is -4.70. The summed E-state index contributed by atoms with van der Waals surface area (Å²) >= 11 is 0.123. The second-order valence-electron chi connectivity index (χ2n) is 5.61. The second kappa shape index (κ2) is 8.13. The largest absolute Gasteiger partial charge is 0.445 e. The van der Waals surface area contributed by atoms with Gasteiger partial charge < -0.3 is 4.57 Å². The Hall–Kier alpha value is -4.05. The number of anilines is 1. The van der Waals surface area contributed by atoms with E-state index in [0.29, 0.717) is 11.4 Å². The van der Waals surface area contributed by atoms with Crippen LogP contribution in [0.15, 0.2) is 48.2 Å². The molecule has 2 heterocycles. The molecule has 0 atom stereocenters. The average molecular weight is 434 g/mol. The van der Waals surface area contributed by atoms with Crippen LogP contribution >= 0.6 is 11.3 Å². The highest BCUT2D eigenvalue weighted by Crippen LogP contribution is 2.33. The number of nitrogens with one attached hydrogen (secondary N) is 1. The third-order valence-corrected chi connectivity index (χ3v) is 4.53. The quantitative estimate of drug-likeness (QED) is 0.282. The summed E-state index contributed by atoms with van der Waals surface area (Å²) in [5.74, 6) is -0.978. The number of nitrogens with zero attached hydrogens (tertiary/aromatic N) is 5. The van der Waals surface area contributed by atoms with Gasteiger partial charge in [0.2, 0.25) is 10.1 Å². The van der Waals surface area contributed by atoms with E-state index in [2.05, 4.69) is 15.5 Å². The molecule has 0 saturated carbocycles. The number of nitro benzene ring substituents is 1. The van der Waals surface area contributed by atoms with Crippen molar-refractivity contribution in [2.45, 2.75) is 6.18 Å². The van der Waals surface area contributed by atoms with Crippen molar-refractivity contribution in [3.8, 4) is 11.8 Å². The third-order valence-electron chi connectivity index (χ3n) is 3.64. The molecule has 1 aromatic carbocycles. The molecule has 152 valence electrons. The van der Waals surface area contributed by atoms with Gasteiger partial charge in [-0.15, -0.1) is 10.2 Å². The minimum absolute atomic E-state index is 0.123. The Morgan fingerprint density at radius 1 is 1.30 bits per heavy atom. The average Bonchev–Trinajstić information content (AvgIpc) is 3.35. The smallest absolute Gasteiger partial charge is 0.317 e. The van der Waals surface area contributed by atoms with Crippen molar-refractivity contribution in [2.75, 3.05) is 5.32 Å². The Bertz CT molecular complexity index is 1190. The fraction of sp³-hybridized carbons (Fsp3) is 0.0588. The zero-order valence-electron chi connectivity index (χ0n) is 14.6.